The van der Waals surface area contributed by atoms with E-state index in [1.165, 1.54) is 0 Å². The third kappa shape index (κ3) is 3.21. The lowest BCUT2D eigenvalue weighted by atomic mass is 9.95. The molecule has 0 heterocycles. The molecule has 24 heavy (non-hydrogen) atoms. The van der Waals surface area contributed by atoms with Crippen LogP contribution in [-0.4, -0.2) is 22.1 Å². The number of benzene rings is 3. The normalized spacial score (nSPS) is 16.3. The van der Waals surface area contributed by atoms with Crippen LogP contribution in [0, 0.1) is 0 Å². The van der Waals surface area contributed by atoms with Crippen molar-refractivity contribution >= 4 is 20.5 Å². The smallest absolute Gasteiger partial charge is 0.0995 e. The Labute approximate surface area is 143 Å². The van der Waals surface area contributed by atoms with Crippen molar-refractivity contribution in [3.05, 3.63) is 78.4 Å². The van der Waals surface area contributed by atoms with Crippen molar-refractivity contribution < 1.29 is 9.32 Å². The van der Waals surface area contributed by atoms with Gasteiger partial charge in [-0.05, 0) is 41.5 Å². The first kappa shape index (κ1) is 16.7. The van der Waals surface area contributed by atoms with Gasteiger partial charge in [-0.15, -0.1) is 0 Å². The van der Waals surface area contributed by atoms with E-state index in [0.717, 1.165) is 16.3 Å². The number of aliphatic hydroxyl groups is 1. The molecular formula is C20H21NO2S. The zero-order chi connectivity index (χ0) is 17.2. The van der Waals surface area contributed by atoms with Crippen molar-refractivity contribution in [2.24, 2.45) is 4.36 Å². The van der Waals surface area contributed by atoms with Gasteiger partial charge in [0.05, 0.1) is 21.1 Å². The van der Waals surface area contributed by atoms with Crippen molar-refractivity contribution in [3.8, 4) is 0 Å². The van der Waals surface area contributed by atoms with Crippen molar-refractivity contribution in [2.45, 2.75) is 17.4 Å². The van der Waals surface area contributed by atoms with E-state index in [1.54, 1.807) is 26.1 Å². The van der Waals surface area contributed by atoms with Crippen molar-refractivity contribution in [3.63, 3.8) is 0 Å². The summed E-state index contributed by atoms with van der Waals surface area (Å²) in [7, 11) is -1.14. The standard InChI is InChI=1S/C20H21NO2S/c1-20(22,15-24(23,21-2)19-10-4-3-5-11-19)18-13-12-16-8-6-7-9-17(16)14-18/h3-14,22H,15H2,1-2H3/t20?,24-/m0/s1. The first-order valence-electron chi connectivity index (χ1n) is 7.84. The Balaban J connectivity index is 2.01. The van der Waals surface area contributed by atoms with E-state index >= 15 is 0 Å². The van der Waals surface area contributed by atoms with Gasteiger partial charge in [0.25, 0.3) is 0 Å². The zero-order valence-corrected chi connectivity index (χ0v) is 14.7. The topological polar surface area (TPSA) is 49.7 Å². The molecule has 0 saturated carbocycles. The van der Waals surface area contributed by atoms with Crippen molar-refractivity contribution in [1.29, 1.82) is 0 Å². The van der Waals surface area contributed by atoms with E-state index in [-0.39, 0.29) is 5.75 Å². The van der Waals surface area contributed by atoms with Gasteiger partial charge in [0.1, 0.15) is 0 Å². The summed E-state index contributed by atoms with van der Waals surface area (Å²) >= 11 is 0. The SMILES string of the molecule is CN=[S@](=O)(CC(C)(O)c1ccc2ccccc2c1)c1ccccc1. The van der Waals surface area contributed by atoms with Gasteiger partial charge in [0.15, 0.2) is 0 Å². The fourth-order valence-electron chi connectivity index (χ4n) is 2.88. The van der Waals surface area contributed by atoms with Gasteiger partial charge in [-0.25, -0.2) is 8.57 Å². The predicted octanol–water partition coefficient (Wildman–Crippen LogP) is 4.20. The molecule has 3 nitrogen and oxygen atoms in total. The summed E-state index contributed by atoms with van der Waals surface area (Å²) in [6.07, 6.45) is 0. The largest absolute Gasteiger partial charge is 0.384 e. The summed E-state index contributed by atoms with van der Waals surface area (Å²) < 4.78 is 17.4. The molecule has 0 fully saturated rings. The van der Waals surface area contributed by atoms with Crippen LogP contribution in [-0.2, 0) is 15.3 Å². The van der Waals surface area contributed by atoms with Gasteiger partial charge in [0.2, 0.25) is 0 Å². The minimum absolute atomic E-state index is 0.0544. The van der Waals surface area contributed by atoms with Crippen molar-refractivity contribution in [1.82, 2.24) is 0 Å². The maximum absolute atomic E-state index is 13.3. The average molecular weight is 339 g/mol. The molecule has 0 aliphatic heterocycles. The quantitative estimate of drug-likeness (QED) is 0.774. The highest BCUT2D eigenvalue weighted by molar-refractivity contribution is 7.93. The van der Waals surface area contributed by atoms with Crippen LogP contribution < -0.4 is 0 Å². The highest BCUT2D eigenvalue weighted by atomic mass is 32.2. The number of nitrogens with zero attached hydrogens (tertiary/aromatic N) is 1. The van der Waals surface area contributed by atoms with Crippen LogP contribution in [0.25, 0.3) is 10.8 Å². The zero-order valence-electron chi connectivity index (χ0n) is 13.8. The van der Waals surface area contributed by atoms with Gasteiger partial charge >= 0.3 is 0 Å². The minimum Gasteiger partial charge on any atom is -0.384 e. The Morgan fingerprint density at radius 3 is 2.25 bits per heavy atom. The molecule has 3 rings (SSSR count). The third-order valence-corrected chi connectivity index (χ3v) is 6.81. The summed E-state index contributed by atoms with van der Waals surface area (Å²) in [5, 5.41) is 13.2. The van der Waals surface area contributed by atoms with Gasteiger partial charge < -0.3 is 5.11 Å². The van der Waals surface area contributed by atoms with Crippen LogP contribution in [0.15, 0.2) is 82.1 Å². The van der Waals surface area contributed by atoms with Crippen LogP contribution in [0.5, 0.6) is 0 Å². The lowest BCUT2D eigenvalue weighted by Gasteiger charge is -2.26. The first-order valence-corrected chi connectivity index (χ1v) is 9.53. The minimum atomic E-state index is -2.69. The molecule has 0 aliphatic rings. The lowest BCUT2D eigenvalue weighted by molar-refractivity contribution is 0.0827. The second kappa shape index (κ2) is 6.38. The second-order valence-electron chi connectivity index (χ2n) is 6.12. The number of hydrogen-bond acceptors (Lipinski definition) is 3. The molecule has 2 atom stereocenters. The van der Waals surface area contributed by atoms with Crippen LogP contribution >= 0.6 is 0 Å². The Hall–Kier alpha value is -2.17. The first-order chi connectivity index (χ1) is 11.4. The summed E-state index contributed by atoms with van der Waals surface area (Å²) in [4.78, 5) is 0.647. The molecule has 0 spiro atoms. The van der Waals surface area contributed by atoms with Crippen LogP contribution in [0.4, 0.5) is 0 Å². The fourth-order valence-corrected chi connectivity index (χ4v) is 4.89. The van der Waals surface area contributed by atoms with E-state index < -0.39 is 15.3 Å². The number of fused-ring (bicyclic) bond motifs is 1. The molecule has 0 amide bonds. The van der Waals surface area contributed by atoms with E-state index in [0.29, 0.717) is 4.90 Å². The van der Waals surface area contributed by atoms with E-state index in [2.05, 4.69) is 4.36 Å². The Morgan fingerprint density at radius 2 is 1.58 bits per heavy atom. The van der Waals surface area contributed by atoms with E-state index in [9.17, 15) is 9.32 Å². The van der Waals surface area contributed by atoms with E-state index in [4.69, 9.17) is 0 Å². The van der Waals surface area contributed by atoms with Crippen LogP contribution in [0.1, 0.15) is 12.5 Å². The van der Waals surface area contributed by atoms with Gasteiger partial charge in [-0.2, -0.15) is 0 Å². The van der Waals surface area contributed by atoms with Crippen LogP contribution in [0.3, 0.4) is 0 Å². The summed E-state index contributed by atoms with van der Waals surface area (Å²) in [5.41, 5.74) is -0.496. The van der Waals surface area contributed by atoms with Gasteiger partial charge in [-0.1, -0.05) is 54.6 Å². The van der Waals surface area contributed by atoms with Crippen LogP contribution in [0.2, 0.25) is 0 Å². The highest BCUT2D eigenvalue weighted by Crippen LogP contribution is 2.29. The summed E-state index contributed by atoms with van der Waals surface area (Å²) in [6, 6.07) is 23.0. The summed E-state index contributed by atoms with van der Waals surface area (Å²) in [5.74, 6) is 0.0544. The Kier molecular flexibility index (Phi) is 4.43. The molecular weight excluding hydrogens is 318 g/mol. The van der Waals surface area contributed by atoms with Crippen molar-refractivity contribution in [2.75, 3.05) is 12.8 Å². The lowest BCUT2D eigenvalue weighted by Crippen LogP contribution is -2.31. The maximum Gasteiger partial charge on any atom is 0.0995 e. The molecule has 4 heteroatoms. The molecule has 0 bridgehead atoms. The average Bonchev–Trinajstić information content (AvgIpc) is 2.61. The molecule has 124 valence electrons. The van der Waals surface area contributed by atoms with Gasteiger partial charge in [0, 0.05) is 11.9 Å². The fraction of sp³-hybridized carbons (Fsp3) is 0.200. The number of hydrogen-bond donors (Lipinski definition) is 1. The van der Waals surface area contributed by atoms with Gasteiger partial charge in [-0.3, -0.25) is 0 Å². The molecule has 1 unspecified atom stereocenters. The van der Waals surface area contributed by atoms with E-state index in [1.807, 2.05) is 60.7 Å². The molecule has 0 aliphatic carbocycles. The molecule has 3 aromatic carbocycles. The second-order valence-corrected chi connectivity index (χ2v) is 8.52. The molecule has 3 aromatic rings. The molecule has 0 radical (unpaired) electrons. The number of rotatable bonds is 4. The molecule has 0 saturated heterocycles. The highest BCUT2D eigenvalue weighted by Gasteiger charge is 2.30. The third-order valence-electron chi connectivity index (χ3n) is 4.25. The molecule has 0 aromatic heterocycles. The summed E-state index contributed by atoms with van der Waals surface area (Å²) in [6.45, 7) is 1.70. The Bertz CT molecular complexity index is 971. The maximum atomic E-state index is 13.3. The molecule has 1 N–H and O–H groups in total. The Morgan fingerprint density at radius 1 is 0.958 bits per heavy atom. The predicted molar refractivity (Wildman–Crippen MR) is 99.6 cm³/mol. The monoisotopic (exact) mass is 339 g/mol.